The van der Waals surface area contributed by atoms with Gasteiger partial charge in [-0.3, -0.25) is 4.79 Å². The molecule has 21 heavy (non-hydrogen) atoms. The summed E-state index contributed by atoms with van der Waals surface area (Å²) in [6, 6.07) is 4.48. The maximum Gasteiger partial charge on any atom is 0.416 e. The average Bonchev–Trinajstić information content (AvgIpc) is 2.43. The molecule has 0 spiro atoms. The van der Waals surface area contributed by atoms with Crippen LogP contribution in [0.25, 0.3) is 0 Å². The van der Waals surface area contributed by atoms with Crippen molar-refractivity contribution in [1.29, 1.82) is 0 Å². The largest absolute Gasteiger partial charge is 0.468 e. The first-order chi connectivity index (χ1) is 9.74. The molecule has 0 saturated carbocycles. The first-order valence-corrected chi connectivity index (χ1v) is 6.73. The number of benzene rings is 1. The van der Waals surface area contributed by atoms with Crippen LogP contribution in [0.1, 0.15) is 30.9 Å². The van der Waals surface area contributed by atoms with Crippen molar-refractivity contribution in [3.63, 3.8) is 0 Å². The summed E-state index contributed by atoms with van der Waals surface area (Å²) in [4.78, 5) is 11.2. The molecule has 2 N–H and O–H groups in total. The van der Waals surface area contributed by atoms with Gasteiger partial charge < -0.3 is 10.5 Å². The van der Waals surface area contributed by atoms with E-state index in [0.717, 1.165) is 24.1 Å². The lowest BCUT2D eigenvalue weighted by atomic mass is 9.94. The van der Waals surface area contributed by atoms with Crippen molar-refractivity contribution in [1.82, 2.24) is 0 Å². The number of rotatable bonds is 6. The maximum atomic E-state index is 12.4. The zero-order valence-corrected chi connectivity index (χ0v) is 12.1. The zero-order valence-electron chi connectivity index (χ0n) is 12.1. The molecule has 2 atom stereocenters. The molecule has 0 saturated heterocycles. The number of nitrogens with two attached hydrogens (primary N) is 1. The highest BCUT2D eigenvalue weighted by Gasteiger charge is 2.29. The Hall–Kier alpha value is -1.56. The number of methoxy groups -OCH3 is 1. The Morgan fingerprint density at radius 2 is 1.86 bits per heavy atom. The third-order valence-corrected chi connectivity index (χ3v) is 3.37. The lowest BCUT2D eigenvalue weighted by Crippen LogP contribution is -2.33. The smallest absolute Gasteiger partial charge is 0.416 e. The highest BCUT2D eigenvalue weighted by molar-refractivity contribution is 5.75. The van der Waals surface area contributed by atoms with E-state index in [-0.39, 0.29) is 5.92 Å². The number of aryl methyl sites for hydroxylation is 1. The van der Waals surface area contributed by atoms with E-state index in [1.54, 1.807) is 0 Å². The van der Waals surface area contributed by atoms with Crippen LogP contribution < -0.4 is 5.73 Å². The molecule has 1 rings (SSSR count). The van der Waals surface area contributed by atoms with Gasteiger partial charge in [-0.25, -0.2) is 0 Å². The normalized spacial score (nSPS) is 14.6. The third-order valence-electron chi connectivity index (χ3n) is 3.37. The first kappa shape index (κ1) is 17.5. The molecular weight excluding hydrogens is 283 g/mol. The van der Waals surface area contributed by atoms with Crippen LogP contribution in [0.2, 0.25) is 0 Å². The first-order valence-electron chi connectivity index (χ1n) is 6.73. The molecule has 118 valence electrons. The molecule has 0 aliphatic carbocycles. The number of esters is 1. The Balaban J connectivity index is 2.46. The standard InChI is InChI=1S/C15H20F3NO2/c1-10(9-13(19)14(20)21-2)3-4-11-5-7-12(8-6-11)15(16,17)18/h5-8,10,13H,3-4,9,19H2,1-2H3. The van der Waals surface area contributed by atoms with Gasteiger partial charge in [0, 0.05) is 0 Å². The fourth-order valence-electron chi connectivity index (χ4n) is 2.07. The number of alkyl halides is 3. The lowest BCUT2D eigenvalue weighted by molar-refractivity contribution is -0.142. The van der Waals surface area contributed by atoms with Gasteiger partial charge in [-0.05, 0) is 42.9 Å². The predicted molar refractivity (Wildman–Crippen MR) is 73.5 cm³/mol. The van der Waals surface area contributed by atoms with E-state index in [9.17, 15) is 18.0 Å². The van der Waals surface area contributed by atoms with Gasteiger partial charge in [-0.15, -0.1) is 0 Å². The molecule has 1 aromatic carbocycles. The van der Waals surface area contributed by atoms with Crippen molar-refractivity contribution in [2.24, 2.45) is 11.7 Å². The van der Waals surface area contributed by atoms with Crippen LogP contribution in [-0.2, 0) is 22.1 Å². The summed E-state index contributed by atoms with van der Waals surface area (Å²) in [6.45, 7) is 1.95. The van der Waals surface area contributed by atoms with Crippen LogP contribution in [0.15, 0.2) is 24.3 Å². The van der Waals surface area contributed by atoms with Crippen molar-refractivity contribution < 1.29 is 22.7 Å². The van der Waals surface area contributed by atoms with Gasteiger partial charge in [0.25, 0.3) is 0 Å². The average molecular weight is 303 g/mol. The van der Waals surface area contributed by atoms with Crippen LogP contribution in [-0.4, -0.2) is 19.1 Å². The van der Waals surface area contributed by atoms with Crippen LogP contribution in [0.3, 0.4) is 0 Å². The fourth-order valence-corrected chi connectivity index (χ4v) is 2.07. The van der Waals surface area contributed by atoms with Crippen molar-refractivity contribution in [2.75, 3.05) is 7.11 Å². The van der Waals surface area contributed by atoms with Crippen molar-refractivity contribution in [3.8, 4) is 0 Å². The molecule has 2 unspecified atom stereocenters. The van der Waals surface area contributed by atoms with Crippen molar-refractivity contribution in [3.05, 3.63) is 35.4 Å². The van der Waals surface area contributed by atoms with E-state index in [0.29, 0.717) is 12.8 Å². The van der Waals surface area contributed by atoms with E-state index in [2.05, 4.69) is 4.74 Å². The highest BCUT2D eigenvalue weighted by atomic mass is 19.4. The Labute approximate surface area is 122 Å². The molecule has 0 aliphatic heterocycles. The van der Waals surface area contributed by atoms with Crippen LogP contribution in [0.5, 0.6) is 0 Å². The van der Waals surface area contributed by atoms with Crippen molar-refractivity contribution >= 4 is 5.97 Å². The second-order valence-corrected chi connectivity index (χ2v) is 5.20. The van der Waals surface area contributed by atoms with Crippen molar-refractivity contribution in [2.45, 2.75) is 38.4 Å². The van der Waals surface area contributed by atoms with Crippen LogP contribution in [0, 0.1) is 5.92 Å². The van der Waals surface area contributed by atoms with Gasteiger partial charge in [-0.1, -0.05) is 19.1 Å². The molecule has 0 heterocycles. The molecule has 3 nitrogen and oxygen atoms in total. The Kier molecular flexibility index (Phi) is 6.20. The Morgan fingerprint density at radius 3 is 2.33 bits per heavy atom. The van der Waals surface area contributed by atoms with E-state index < -0.39 is 23.8 Å². The highest BCUT2D eigenvalue weighted by Crippen LogP contribution is 2.29. The number of hydrogen-bond donors (Lipinski definition) is 1. The third kappa shape index (κ3) is 5.75. The zero-order chi connectivity index (χ0) is 16.0. The maximum absolute atomic E-state index is 12.4. The van der Waals surface area contributed by atoms with E-state index >= 15 is 0 Å². The number of hydrogen-bond acceptors (Lipinski definition) is 3. The molecule has 0 fully saturated rings. The molecule has 0 aliphatic rings. The molecule has 0 aromatic heterocycles. The summed E-state index contributed by atoms with van der Waals surface area (Å²) in [7, 11) is 1.29. The molecule has 6 heteroatoms. The van der Waals surface area contributed by atoms with Gasteiger partial charge in [0.2, 0.25) is 0 Å². The summed E-state index contributed by atoms with van der Waals surface area (Å²) in [5.41, 5.74) is 5.85. The molecule has 0 bridgehead atoms. The quantitative estimate of drug-likeness (QED) is 0.821. The number of carbonyl (C=O) groups is 1. The van der Waals surface area contributed by atoms with E-state index in [1.807, 2.05) is 6.92 Å². The van der Waals surface area contributed by atoms with Crippen LogP contribution in [0.4, 0.5) is 13.2 Å². The molecule has 0 amide bonds. The minimum Gasteiger partial charge on any atom is -0.468 e. The monoisotopic (exact) mass is 303 g/mol. The Bertz CT molecular complexity index is 457. The van der Waals surface area contributed by atoms with Gasteiger partial charge in [0.05, 0.1) is 12.7 Å². The molecule has 0 radical (unpaired) electrons. The summed E-state index contributed by atoms with van der Waals surface area (Å²) < 4.78 is 41.8. The Morgan fingerprint density at radius 1 is 1.29 bits per heavy atom. The molecule has 1 aromatic rings. The van der Waals surface area contributed by atoms with Crippen LogP contribution >= 0.6 is 0 Å². The number of halogens is 3. The minimum absolute atomic E-state index is 0.182. The fraction of sp³-hybridized carbons (Fsp3) is 0.533. The van der Waals surface area contributed by atoms with Gasteiger partial charge >= 0.3 is 12.1 Å². The summed E-state index contributed by atoms with van der Waals surface area (Å²) in [6.07, 6.45) is -2.42. The minimum atomic E-state index is -4.31. The SMILES string of the molecule is COC(=O)C(N)CC(C)CCc1ccc(C(F)(F)F)cc1. The topological polar surface area (TPSA) is 52.3 Å². The van der Waals surface area contributed by atoms with Gasteiger partial charge in [0.1, 0.15) is 6.04 Å². The van der Waals surface area contributed by atoms with E-state index in [4.69, 9.17) is 5.73 Å². The molecular formula is C15H20F3NO2. The number of carbonyl (C=O) groups excluding carboxylic acids is 1. The van der Waals surface area contributed by atoms with Gasteiger partial charge in [-0.2, -0.15) is 13.2 Å². The summed E-state index contributed by atoms with van der Waals surface area (Å²) in [5, 5.41) is 0. The predicted octanol–water partition coefficient (Wildman–Crippen LogP) is 3.16. The number of ether oxygens (including phenoxy) is 1. The summed E-state index contributed by atoms with van der Waals surface area (Å²) >= 11 is 0. The summed E-state index contributed by atoms with van der Waals surface area (Å²) in [5.74, 6) is -0.266. The second-order valence-electron chi connectivity index (χ2n) is 5.20. The van der Waals surface area contributed by atoms with E-state index in [1.165, 1.54) is 19.2 Å². The van der Waals surface area contributed by atoms with Gasteiger partial charge in [0.15, 0.2) is 0 Å². The second kappa shape index (κ2) is 7.45. The lowest BCUT2D eigenvalue weighted by Gasteiger charge is -2.15.